The highest BCUT2D eigenvalue weighted by Crippen LogP contribution is 2.41. The SMILES string of the molecule is CC1=C(C=CC2(C)OCCO2)C(C)(C)CCC1. The van der Waals surface area contributed by atoms with Gasteiger partial charge in [-0.05, 0) is 50.2 Å². The molecule has 0 aromatic heterocycles. The van der Waals surface area contributed by atoms with E-state index in [1.807, 2.05) is 6.92 Å². The van der Waals surface area contributed by atoms with E-state index in [9.17, 15) is 0 Å². The molecule has 0 saturated carbocycles. The van der Waals surface area contributed by atoms with Gasteiger partial charge in [-0.1, -0.05) is 25.5 Å². The first-order valence-corrected chi connectivity index (χ1v) is 6.60. The maximum absolute atomic E-state index is 5.60. The molecule has 2 heteroatoms. The Labute approximate surface area is 105 Å². The Hall–Kier alpha value is -0.600. The van der Waals surface area contributed by atoms with E-state index in [2.05, 4.69) is 32.9 Å². The maximum atomic E-state index is 5.60. The Morgan fingerprint density at radius 3 is 2.35 bits per heavy atom. The topological polar surface area (TPSA) is 18.5 Å². The Balaban J connectivity index is 2.18. The van der Waals surface area contributed by atoms with Crippen LogP contribution in [0.15, 0.2) is 23.3 Å². The lowest BCUT2D eigenvalue weighted by atomic mass is 9.72. The van der Waals surface area contributed by atoms with Crippen LogP contribution in [0.5, 0.6) is 0 Å². The van der Waals surface area contributed by atoms with Gasteiger partial charge in [0, 0.05) is 0 Å². The highest BCUT2D eigenvalue weighted by Gasteiger charge is 2.30. The quantitative estimate of drug-likeness (QED) is 0.725. The molecule has 1 fully saturated rings. The first kappa shape index (κ1) is 12.8. The number of ether oxygens (including phenoxy) is 2. The van der Waals surface area contributed by atoms with Crippen LogP contribution in [-0.2, 0) is 9.47 Å². The first-order chi connectivity index (χ1) is 7.93. The van der Waals surface area contributed by atoms with E-state index in [1.165, 1.54) is 30.4 Å². The van der Waals surface area contributed by atoms with Crippen LogP contribution in [0.4, 0.5) is 0 Å². The smallest absolute Gasteiger partial charge is 0.185 e. The van der Waals surface area contributed by atoms with E-state index in [0.717, 1.165) is 0 Å². The Morgan fingerprint density at radius 2 is 1.76 bits per heavy atom. The molecule has 1 aliphatic heterocycles. The molecule has 0 aromatic carbocycles. The molecule has 0 aromatic rings. The molecular weight excluding hydrogens is 212 g/mol. The molecule has 0 radical (unpaired) electrons. The summed E-state index contributed by atoms with van der Waals surface area (Å²) in [7, 11) is 0. The number of allylic oxidation sites excluding steroid dienone is 3. The predicted octanol–water partition coefficient (Wildman–Crippen LogP) is 3.83. The zero-order chi connectivity index (χ0) is 12.5. The van der Waals surface area contributed by atoms with E-state index in [1.54, 1.807) is 0 Å². The van der Waals surface area contributed by atoms with Crippen LogP contribution in [0.3, 0.4) is 0 Å². The molecule has 0 unspecified atom stereocenters. The van der Waals surface area contributed by atoms with Crippen molar-refractivity contribution in [3.63, 3.8) is 0 Å². The van der Waals surface area contributed by atoms with Gasteiger partial charge in [-0.3, -0.25) is 0 Å². The summed E-state index contributed by atoms with van der Waals surface area (Å²) in [6.07, 6.45) is 8.09. The minimum atomic E-state index is -0.513. The van der Waals surface area contributed by atoms with Crippen molar-refractivity contribution in [2.75, 3.05) is 13.2 Å². The van der Waals surface area contributed by atoms with E-state index < -0.39 is 5.79 Å². The minimum Gasteiger partial charge on any atom is -0.344 e. The summed E-state index contributed by atoms with van der Waals surface area (Å²) >= 11 is 0. The summed E-state index contributed by atoms with van der Waals surface area (Å²) in [5.74, 6) is -0.513. The number of hydrogen-bond donors (Lipinski definition) is 0. The van der Waals surface area contributed by atoms with Crippen LogP contribution >= 0.6 is 0 Å². The van der Waals surface area contributed by atoms with Crippen molar-refractivity contribution < 1.29 is 9.47 Å². The van der Waals surface area contributed by atoms with Crippen LogP contribution < -0.4 is 0 Å². The van der Waals surface area contributed by atoms with Gasteiger partial charge in [-0.2, -0.15) is 0 Å². The fourth-order valence-electron chi connectivity index (χ4n) is 2.87. The fraction of sp³-hybridized carbons (Fsp3) is 0.733. The summed E-state index contributed by atoms with van der Waals surface area (Å²) in [6, 6.07) is 0. The molecule has 0 amide bonds. The molecule has 1 saturated heterocycles. The lowest BCUT2D eigenvalue weighted by Crippen LogP contribution is -2.24. The lowest BCUT2D eigenvalue weighted by molar-refractivity contribution is -0.0997. The van der Waals surface area contributed by atoms with Gasteiger partial charge in [0.1, 0.15) is 0 Å². The molecular formula is C15H24O2. The Kier molecular flexibility index (Phi) is 3.46. The number of hydrogen-bond acceptors (Lipinski definition) is 2. The molecule has 2 aliphatic rings. The summed E-state index contributed by atoms with van der Waals surface area (Å²) in [6.45, 7) is 10.3. The first-order valence-electron chi connectivity index (χ1n) is 6.60. The Bertz CT molecular complexity index is 344. The van der Waals surface area contributed by atoms with Crippen molar-refractivity contribution in [2.24, 2.45) is 5.41 Å². The molecule has 1 heterocycles. The molecule has 1 aliphatic carbocycles. The summed E-state index contributed by atoms with van der Waals surface area (Å²) in [4.78, 5) is 0. The van der Waals surface area contributed by atoms with Crippen molar-refractivity contribution in [2.45, 2.75) is 52.7 Å². The molecule has 0 bridgehead atoms. The van der Waals surface area contributed by atoms with Crippen LogP contribution in [0.2, 0.25) is 0 Å². The zero-order valence-corrected chi connectivity index (χ0v) is 11.5. The van der Waals surface area contributed by atoms with Crippen molar-refractivity contribution in [3.05, 3.63) is 23.3 Å². The second-order valence-corrected chi connectivity index (χ2v) is 5.98. The normalized spacial score (nSPS) is 28.0. The van der Waals surface area contributed by atoms with Crippen molar-refractivity contribution in [1.29, 1.82) is 0 Å². The van der Waals surface area contributed by atoms with Crippen LogP contribution in [0.25, 0.3) is 0 Å². The van der Waals surface area contributed by atoms with Gasteiger partial charge in [-0.15, -0.1) is 0 Å². The summed E-state index contributed by atoms with van der Waals surface area (Å²) < 4.78 is 11.2. The summed E-state index contributed by atoms with van der Waals surface area (Å²) in [5.41, 5.74) is 3.26. The van der Waals surface area contributed by atoms with Crippen LogP contribution in [-0.4, -0.2) is 19.0 Å². The van der Waals surface area contributed by atoms with E-state index in [4.69, 9.17) is 9.47 Å². The molecule has 0 spiro atoms. The summed E-state index contributed by atoms with van der Waals surface area (Å²) in [5, 5.41) is 0. The van der Waals surface area contributed by atoms with Crippen molar-refractivity contribution in [1.82, 2.24) is 0 Å². The molecule has 2 rings (SSSR count). The second-order valence-electron chi connectivity index (χ2n) is 5.98. The van der Waals surface area contributed by atoms with Gasteiger partial charge >= 0.3 is 0 Å². The second kappa shape index (κ2) is 4.58. The molecule has 17 heavy (non-hydrogen) atoms. The lowest BCUT2D eigenvalue weighted by Gasteiger charge is -2.33. The maximum Gasteiger partial charge on any atom is 0.185 e. The van der Waals surface area contributed by atoms with Crippen molar-refractivity contribution >= 4 is 0 Å². The Morgan fingerprint density at radius 1 is 1.12 bits per heavy atom. The standard InChI is InChI=1S/C15H24O2/c1-12-6-5-8-14(2,3)13(12)7-9-15(4)16-10-11-17-15/h7,9H,5-6,8,10-11H2,1-4H3. The number of rotatable bonds is 2. The van der Waals surface area contributed by atoms with E-state index >= 15 is 0 Å². The molecule has 2 nitrogen and oxygen atoms in total. The largest absolute Gasteiger partial charge is 0.344 e. The van der Waals surface area contributed by atoms with Gasteiger partial charge in [0.05, 0.1) is 13.2 Å². The van der Waals surface area contributed by atoms with Gasteiger partial charge < -0.3 is 9.47 Å². The third kappa shape index (κ3) is 2.80. The third-order valence-electron chi connectivity index (χ3n) is 3.96. The van der Waals surface area contributed by atoms with Gasteiger partial charge in [0.15, 0.2) is 5.79 Å². The average Bonchev–Trinajstić information content (AvgIpc) is 2.64. The van der Waals surface area contributed by atoms with Crippen molar-refractivity contribution in [3.8, 4) is 0 Å². The minimum absolute atomic E-state index is 0.286. The molecule has 0 N–H and O–H groups in total. The van der Waals surface area contributed by atoms with E-state index in [0.29, 0.717) is 13.2 Å². The van der Waals surface area contributed by atoms with Crippen LogP contribution in [0, 0.1) is 5.41 Å². The highest BCUT2D eigenvalue weighted by molar-refractivity contribution is 5.33. The average molecular weight is 236 g/mol. The van der Waals surface area contributed by atoms with Gasteiger partial charge in [-0.25, -0.2) is 0 Å². The van der Waals surface area contributed by atoms with Gasteiger partial charge in [0.25, 0.3) is 0 Å². The third-order valence-corrected chi connectivity index (χ3v) is 3.96. The molecule has 0 atom stereocenters. The zero-order valence-electron chi connectivity index (χ0n) is 11.5. The molecule has 96 valence electrons. The highest BCUT2D eigenvalue weighted by atomic mass is 16.7. The monoisotopic (exact) mass is 236 g/mol. The fourth-order valence-corrected chi connectivity index (χ4v) is 2.87. The van der Waals surface area contributed by atoms with Gasteiger partial charge in [0.2, 0.25) is 0 Å². The predicted molar refractivity (Wildman–Crippen MR) is 69.8 cm³/mol. The van der Waals surface area contributed by atoms with Crippen LogP contribution in [0.1, 0.15) is 47.0 Å². The van der Waals surface area contributed by atoms with E-state index in [-0.39, 0.29) is 5.41 Å².